The molecule has 1 aliphatic rings. The van der Waals surface area contributed by atoms with Crippen molar-refractivity contribution in [1.29, 1.82) is 0 Å². The molecule has 0 aliphatic carbocycles. The zero-order valence-electron chi connectivity index (χ0n) is 14.5. The van der Waals surface area contributed by atoms with Gasteiger partial charge in [-0.05, 0) is 36.6 Å². The normalized spacial score (nSPS) is 18.2. The van der Waals surface area contributed by atoms with E-state index in [2.05, 4.69) is 10.6 Å². The number of urea groups is 1. The van der Waals surface area contributed by atoms with Gasteiger partial charge in [-0.2, -0.15) is 0 Å². The van der Waals surface area contributed by atoms with Crippen molar-refractivity contribution in [3.63, 3.8) is 0 Å². The molecule has 2 atom stereocenters. The molecule has 2 aromatic carbocycles. The first kappa shape index (κ1) is 16.2. The van der Waals surface area contributed by atoms with E-state index in [4.69, 9.17) is 4.74 Å². The number of nitrogens with one attached hydrogen (secondary N) is 2. The maximum Gasteiger partial charge on any atom is 0.319 e. The lowest BCUT2D eigenvalue weighted by Crippen LogP contribution is -2.36. The molecular weight excluding hydrogens is 330 g/mol. The average Bonchev–Trinajstić information content (AvgIpc) is 2.94. The van der Waals surface area contributed by atoms with Gasteiger partial charge in [0.25, 0.3) is 5.56 Å². The van der Waals surface area contributed by atoms with Crippen molar-refractivity contribution in [2.24, 2.45) is 7.05 Å². The van der Waals surface area contributed by atoms with Crippen molar-refractivity contribution in [2.75, 3.05) is 5.32 Å². The number of hydrogen-bond acceptors (Lipinski definition) is 3. The largest absolute Gasteiger partial charge is 0.488 e. The van der Waals surface area contributed by atoms with Gasteiger partial charge >= 0.3 is 6.03 Å². The van der Waals surface area contributed by atoms with Gasteiger partial charge in [-0.3, -0.25) is 4.79 Å². The van der Waals surface area contributed by atoms with E-state index in [0.717, 1.165) is 22.2 Å². The second kappa shape index (κ2) is 6.22. The van der Waals surface area contributed by atoms with E-state index in [0.29, 0.717) is 5.69 Å². The summed E-state index contributed by atoms with van der Waals surface area (Å²) < 4.78 is 7.33. The summed E-state index contributed by atoms with van der Waals surface area (Å²) >= 11 is 0. The van der Waals surface area contributed by atoms with Crippen LogP contribution in [-0.2, 0) is 7.05 Å². The smallest absolute Gasteiger partial charge is 0.319 e. The second-order valence-electron chi connectivity index (χ2n) is 6.44. The Balaban J connectivity index is 1.55. The molecule has 2 amide bonds. The number of aryl methyl sites for hydroxylation is 1. The lowest BCUT2D eigenvalue weighted by atomic mass is 10.1. The highest BCUT2D eigenvalue weighted by Crippen LogP contribution is 2.36. The number of nitrogens with zero attached hydrogens (tertiary/aromatic N) is 1. The van der Waals surface area contributed by atoms with Crippen molar-refractivity contribution in [2.45, 2.75) is 19.1 Å². The number of para-hydroxylation sites is 1. The second-order valence-corrected chi connectivity index (χ2v) is 6.44. The number of hydrogen-bond donors (Lipinski definition) is 2. The van der Waals surface area contributed by atoms with Crippen LogP contribution in [0.25, 0.3) is 10.9 Å². The molecule has 2 N–H and O–H groups in total. The van der Waals surface area contributed by atoms with E-state index < -0.39 is 0 Å². The predicted molar refractivity (Wildman–Crippen MR) is 101 cm³/mol. The molecule has 26 heavy (non-hydrogen) atoms. The highest BCUT2D eigenvalue weighted by Gasteiger charge is 2.32. The van der Waals surface area contributed by atoms with Crippen LogP contribution >= 0.6 is 0 Å². The van der Waals surface area contributed by atoms with Gasteiger partial charge in [0.2, 0.25) is 0 Å². The van der Waals surface area contributed by atoms with Crippen LogP contribution in [0, 0.1) is 0 Å². The van der Waals surface area contributed by atoms with Crippen molar-refractivity contribution in [3.05, 3.63) is 70.5 Å². The standard InChI is InChI=1S/C20H19N3O3/c1-12-19(15-5-3-4-6-17(15)26-12)22-20(25)21-14-9-7-13-8-10-18(24)23(2)16(13)11-14/h3-12,19H,1-2H3,(H2,21,22,25)/t12-,19-/m1/s1. The summed E-state index contributed by atoms with van der Waals surface area (Å²) in [5, 5.41) is 6.74. The van der Waals surface area contributed by atoms with Gasteiger partial charge in [0.15, 0.2) is 0 Å². The Bertz CT molecular complexity index is 1060. The lowest BCUT2D eigenvalue weighted by molar-refractivity contribution is 0.204. The van der Waals surface area contributed by atoms with Crippen LogP contribution in [0.4, 0.5) is 10.5 Å². The third-order valence-electron chi connectivity index (χ3n) is 4.71. The molecule has 0 saturated carbocycles. The summed E-state index contributed by atoms with van der Waals surface area (Å²) in [5.74, 6) is 0.797. The van der Waals surface area contributed by atoms with E-state index in [-0.39, 0.29) is 23.7 Å². The number of aromatic nitrogens is 1. The number of amides is 2. The molecule has 0 bridgehead atoms. The third-order valence-corrected chi connectivity index (χ3v) is 4.71. The lowest BCUT2D eigenvalue weighted by Gasteiger charge is -2.17. The molecule has 2 heterocycles. The van der Waals surface area contributed by atoms with Crippen molar-refractivity contribution in [3.8, 4) is 5.75 Å². The van der Waals surface area contributed by atoms with Crippen LogP contribution in [-0.4, -0.2) is 16.7 Å². The molecule has 0 saturated heterocycles. The molecule has 1 aromatic heterocycles. The molecule has 3 aromatic rings. The Hall–Kier alpha value is -3.28. The summed E-state index contributed by atoms with van der Waals surface area (Å²) in [6.45, 7) is 1.93. The minimum atomic E-state index is -0.317. The first-order valence-electron chi connectivity index (χ1n) is 8.46. The van der Waals surface area contributed by atoms with Crippen LogP contribution in [0.1, 0.15) is 18.5 Å². The zero-order chi connectivity index (χ0) is 18.3. The molecular formula is C20H19N3O3. The van der Waals surface area contributed by atoms with Gasteiger partial charge in [0, 0.05) is 24.4 Å². The Labute approximate surface area is 150 Å². The SMILES string of the molecule is C[C@H]1Oc2ccccc2[C@@H]1NC(=O)Nc1ccc2ccc(=O)n(C)c2c1. The van der Waals surface area contributed by atoms with Gasteiger partial charge < -0.3 is 19.9 Å². The summed E-state index contributed by atoms with van der Waals surface area (Å²) in [5.41, 5.74) is 2.26. The number of rotatable bonds is 2. The number of benzene rings is 2. The molecule has 0 radical (unpaired) electrons. The number of ether oxygens (including phenoxy) is 1. The van der Waals surface area contributed by atoms with Crippen molar-refractivity contribution >= 4 is 22.6 Å². The molecule has 4 rings (SSSR count). The number of pyridine rings is 1. The van der Waals surface area contributed by atoms with E-state index in [1.54, 1.807) is 23.7 Å². The fraction of sp³-hybridized carbons (Fsp3) is 0.200. The maximum absolute atomic E-state index is 12.5. The number of carbonyl (C=O) groups is 1. The fourth-order valence-electron chi connectivity index (χ4n) is 3.31. The van der Waals surface area contributed by atoms with Crippen molar-refractivity contribution < 1.29 is 9.53 Å². The van der Waals surface area contributed by atoms with Crippen LogP contribution in [0.5, 0.6) is 5.75 Å². The Morgan fingerprint density at radius 2 is 1.88 bits per heavy atom. The highest BCUT2D eigenvalue weighted by atomic mass is 16.5. The van der Waals surface area contributed by atoms with Crippen LogP contribution < -0.4 is 20.9 Å². The van der Waals surface area contributed by atoms with Gasteiger partial charge in [0.1, 0.15) is 11.9 Å². The van der Waals surface area contributed by atoms with Gasteiger partial charge in [-0.25, -0.2) is 4.79 Å². The monoisotopic (exact) mass is 349 g/mol. The zero-order valence-corrected chi connectivity index (χ0v) is 14.5. The van der Waals surface area contributed by atoms with Gasteiger partial charge in [-0.1, -0.05) is 24.3 Å². The summed E-state index contributed by atoms with van der Waals surface area (Å²) in [6, 6.07) is 15.9. The molecule has 1 aliphatic heterocycles. The van der Waals surface area contributed by atoms with E-state index in [9.17, 15) is 9.59 Å². The topological polar surface area (TPSA) is 72.4 Å². The molecule has 132 valence electrons. The Morgan fingerprint density at radius 3 is 2.73 bits per heavy atom. The summed E-state index contributed by atoms with van der Waals surface area (Å²) in [4.78, 5) is 24.3. The predicted octanol–water partition coefficient (Wildman–Crippen LogP) is 3.18. The average molecular weight is 349 g/mol. The van der Waals surface area contributed by atoms with Gasteiger partial charge in [0.05, 0.1) is 11.6 Å². The highest BCUT2D eigenvalue weighted by molar-refractivity contribution is 5.92. The van der Waals surface area contributed by atoms with Crippen LogP contribution in [0.2, 0.25) is 0 Å². The summed E-state index contributed by atoms with van der Waals surface area (Å²) in [6.07, 6.45) is -0.143. The molecule has 0 spiro atoms. The maximum atomic E-state index is 12.5. The van der Waals surface area contributed by atoms with Gasteiger partial charge in [-0.15, -0.1) is 0 Å². The molecule has 0 fully saturated rings. The number of carbonyl (C=O) groups excluding carboxylic acids is 1. The van der Waals surface area contributed by atoms with E-state index >= 15 is 0 Å². The minimum absolute atomic E-state index is 0.0902. The molecule has 6 nitrogen and oxygen atoms in total. The molecule has 6 heteroatoms. The summed E-state index contributed by atoms with van der Waals surface area (Å²) in [7, 11) is 1.71. The van der Waals surface area contributed by atoms with Crippen molar-refractivity contribution in [1.82, 2.24) is 9.88 Å². The number of anilines is 1. The van der Waals surface area contributed by atoms with Crippen LogP contribution in [0.15, 0.2) is 59.4 Å². The number of fused-ring (bicyclic) bond motifs is 2. The third kappa shape index (κ3) is 2.79. The Morgan fingerprint density at radius 1 is 1.12 bits per heavy atom. The Kier molecular flexibility index (Phi) is 3.88. The first-order valence-corrected chi connectivity index (χ1v) is 8.46. The van der Waals surface area contributed by atoms with Crippen LogP contribution in [0.3, 0.4) is 0 Å². The fourth-order valence-corrected chi connectivity index (χ4v) is 3.31. The van der Waals surface area contributed by atoms with E-state index in [1.807, 2.05) is 43.3 Å². The van der Waals surface area contributed by atoms with E-state index in [1.165, 1.54) is 6.07 Å². The minimum Gasteiger partial charge on any atom is -0.488 e. The molecule has 0 unspecified atom stereocenters. The first-order chi connectivity index (χ1) is 12.5. The quantitative estimate of drug-likeness (QED) is 0.746.